The van der Waals surface area contributed by atoms with E-state index in [2.05, 4.69) is 25.3 Å². The lowest BCUT2D eigenvalue weighted by atomic mass is 10.1. The van der Waals surface area contributed by atoms with Gasteiger partial charge in [-0.3, -0.25) is 4.79 Å². The molecular weight excluding hydrogens is 385 g/mol. The van der Waals surface area contributed by atoms with Gasteiger partial charge in [0.15, 0.2) is 0 Å². The molecule has 0 aliphatic carbocycles. The number of anilines is 2. The minimum atomic E-state index is -4.44. The van der Waals surface area contributed by atoms with Crippen LogP contribution in [0, 0.1) is 0 Å². The standard InChI is InChI=1S/C19H17F3N6O/c20-19(21,22)14-5-3-13(4-6-14)17(29)26-15-9-25-28(12-15)18-23-10-16(11-24-18)27-7-1-2-8-27/h3-6,9-12H,1-2,7-8H2,(H,26,29). The van der Waals surface area contributed by atoms with Gasteiger partial charge in [-0.2, -0.15) is 18.3 Å². The Hall–Kier alpha value is -3.43. The molecule has 0 bridgehead atoms. The van der Waals surface area contributed by atoms with Gasteiger partial charge in [0.1, 0.15) is 0 Å². The van der Waals surface area contributed by atoms with E-state index in [4.69, 9.17) is 0 Å². The third-order valence-electron chi connectivity index (χ3n) is 4.62. The summed E-state index contributed by atoms with van der Waals surface area (Å²) in [5.74, 6) is -0.188. The van der Waals surface area contributed by atoms with Crippen LogP contribution in [0.4, 0.5) is 24.5 Å². The number of nitrogens with one attached hydrogen (secondary N) is 1. The summed E-state index contributed by atoms with van der Waals surface area (Å²) in [6.07, 6.45) is 4.28. The molecule has 3 aromatic rings. The third kappa shape index (κ3) is 4.20. The Morgan fingerprint density at radius 1 is 1.00 bits per heavy atom. The second-order valence-corrected chi connectivity index (χ2v) is 6.64. The summed E-state index contributed by atoms with van der Waals surface area (Å²) in [6.45, 7) is 1.98. The van der Waals surface area contributed by atoms with Gasteiger partial charge in [-0.1, -0.05) is 0 Å². The number of carbonyl (C=O) groups excluding carboxylic acids is 1. The number of rotatable bonds is 4. The molecule has 0 saturated carbocycles. The smallest absolute Gasteiger partial charge is 0.369 e. The molecule has 0 atom stereocenters. The molecule has 7 nitrogen and oxygen atoms in total. The van der Waals surface area contributed by atoms with Gasteiger partial charge in [-0.25, -0.2) is 14.6 Å². The average Bonchev–Trinajstić information content (AvgIpc) is 3.40. The molecule has 3 heterocycles. The van der Waals surface area contributed by atoms with Crippen molar-refractivity contribution in [1.82, 2.24) is 19.7 Å². The van der Waals surface area contributed by atoms with Crippen molar-refractivity contribution in [3.63, 3.8) is 0 Å². The summed E-state index contributed by atoms with van der Waals surface area (Å²) in [5.41, 5.74) is 0.629. The van der Waals surface area contributed by atoms with Crippen LogP contribution in [0.25, 0.3) is 5.95 Å². The molecule has 150 valence electrons. The lowest BCUT2D eigenvalue weighted by Gasteiger charge is -2.16. The van der Waals surface area contributed by atoms with E-state index in [-0.39, 0.29) is 5.56 Å². The van der Waals surface area contributed by atoms with Crippen molar-refractivity contribution in [2.45, 2.75) is 19.0 Å². The lowest BCUT2D eigenvalue weighted by molar-refractivity contribution is -0.137. The van der Waals surface area contributed by atoms with Gasteiger partial charge < -0.3 is 10.2 Å². The fraction of sp³-hybridized carbons (Fsp3) is 0.263. The summed E-state index contributed by atoms with van der Waals surface area (Å²) in [7, 11) is 0. The first kappa shape index (κ1) is 18.9. The van der Waals surface area contributed by atoms with Gasteiger partial charge in [0.2, 0.25) is 0 Å². The second-order valence-electron chi connectivity index (χ2n) is 6.64. The monoisotopic (exact) mass is 402 g/mol. The number of amides is 1. The van der Waals surface area contributed by atoms with E-state index < -0.39 is 17.6 Å². The topological polar surface area (TPSA) is 75.9 Å². The zero-order chi connectivity index (χ0) is 20.4. The number of alkyl halides is 3. The van der Waals surface area contributed by atoms with E-state index in [1.54, 1.807) is 12.4 Å². The first-order valence-corrected chi connectivity index (χ1v) is 9.01. The van der Waals surface area contributed by atoms with Crippen LogP contribution >= 0.6 is 0 Å². The highest BCUT2D eigenvalue weighted by Gasteiger charge is 2.30. The summed E-state index contributed by atoms with van der Waals surface area (Å²) in [6, 6.07) is 3.99. The second kappa shape index (κ2) is 7.53. The Morgan fingerprint density at radius 2 is 1.66 bits per heavy atom. The van der Waals surface area contributed by atoms with Crippen molar-refractivity contribution in [2.75, 3.05) is 23.3 Å². The molecule has 10 heteroatoms. The number of nitrogens with zero attached hydrogens (tertiary/aromatic N) is 5. The first-order chi connectivity index (χ1) is 13.9. The summed E-state index contributed by atoms with van der Waals surface area (Å²) in [5, 5.41) is 6.72. The predicted molar refractivity (Wildman–Crippen MR) is 100.0 cm³/mol. The number of hydrogen-bond acceptors (Lipinski definition) is 5. The summed E-state index contributed by atoms with van der Waals surface area (Å²) < 4.78 is 39.3. The fourth-order valence-corrected chi connectivity index (χ4v) is 3.08. The maximum atomic E-state index is 12.6. The van der Waals surface area contributed by atoms with E-state index in [9.17, 15) is 18.0 Å². The van der Waals surface area contributed by atoms with E-state index in [0.717, 1.165) is 55.9 Å². The van der Waals surface area contributed by atoms with E-state index in [1.165, 1.54) is 17.1 Å². The molecule has 29 heavy (non-hydrogen) atoms. The molecule has 1 N–H and O–H groups in total. The number of benzene rings is 1. The van der Waals surface area contributed by atoms with Gasteiger partial charge in [0.25, 0.3) is 11.9 Å². The Morgan fingerprint density at radius 3 is 2.28 bits per heavy atom. The molecule has 4 rings (SSSR count). The maximum absolute atomic E-state index is 12.6. The molecule has 1 amide bonds. The van der Waals surface area contributed by atoms with Crippen LogP contribution in [-0.2, 0) is 6.18 Å². The van der Waals surface area contributed by atoms with Crippen LogP contribution in [-0.4, -0.2) is 38.7 Å². The Balaban J connectivity index is 1.43. The zero-order valence-corrected chi connectivity index (χ0v) is 15.2. The van der Waals surface area contributed by atoms with Gasteiger partial charge in [0.05, 0.1) is 41.7 Å². The van der Waals surface area contributed by atoms with Crippen LogP contribution in [0.2, 0.25) is 0 Å². The molecule has 1 saturated heterocycles. The predicted octanol–water partition coefficient (Wildman–Crippen LogP) is 3.53. The van der Waals surface area contributed by atoms with Crippen LogP contribution in [0.15, 0.2) is 49.1 Å². The van der Waals surface area contributed by atoms with Crippen molar-refractivity contribution in [3.05, 3.63) is 60.2 Å². The molecule has 1 aliphatic rings. The molecule has 1 fully saturated rings. The molecular formula is C19H17F3N6O. The summed E-state index contributed by atoms with van der Waals surface area (Å²) >= 11 is 0. The van der Waals surface area contributed by atoms with Gasteiger partial charge in [-0.15, -0.1) is 0 Å². The number of aromatic nitrogens is 4. The van der Waals surface area contributed by atoms with Gasteiger partial charge in [0, 0.05) is 18.7 Å². The molecule has 0 radical (unpaired) electrons. The molecule has 2 aromatic heterocycles. The van der Waals surface area contributed by atoms with Crippen molar-refractivity contribution in [3.8, 4) is 5.95 Å². The minimum absolute atomic E-state index is 0.108. The van der Waals surface area contributed by atoms with Crippen LogP contribution in [0.5, 0.6) is 0 Å². The first-order valence-electron chi connectivity index (χ1n) is 9.01. The van der Waals surface area contributed by atoms with Crippen molar-refractivity contribution in [1.29, 1.82) is 0 Å². The highest BCUT2D eigenvalue weighted by atomic mass is 19.4. The third-order valence-corrected chi connectivity index (χ3v) is 4.62. The van der Waals surface area contributed by atoms with Crippen LogP contribution in [0.1, 0.15) is 28.8 Å². The Labute approximate surface area is 164 Å². The SMILES string of the molecule is O=C(Nc1cnn(-c2ncc(N3CCCC3)cn2)c1)c1ccc(C(F)(F)F)cc1. The maximum Gasteiger partial charge on any atom is 0.416 e. The normalized spacial score (nSPS) is 14.2. The minimum Gasteiger partial charge on any atom is -0.369 e. The number of halogens is 3. The zero-order valence-electron chi connectivity index (χ0n) is 15.2. The van der Waals surface area contributed by atoms with Gasteiger partial charge >= 0.3 is 6.18 Å². The highest BCUT2D eigenvalue weighted by Crippen LogP contribution is 2.29. The number of hydrogen-bond donors (Lipinski definition) is 1. The molecule has 0 unspecified atom stereocenters. The Kier molecular flexibility index (Phi) is 4.91. The molecule has 1 aliphatic heterocycles. The molecule has 1 aromatic carbocycles. The van der Waals surface area contributed by atoms with Crippen molar-refractivity contribution in [2.24, 2.45) is 0 Å². The van der Waals surface area contributed by atoms with Crippen LogP contribution in [0.3, 0.4) is 0 Å². The Bertz CT molecular complexity index is 992. The van der Waals surface area contributed by atoms with E-state index in [0.29, 0.717) is 11.6 Å². The summed E-state index contributed by atoms with van der Waals surface area (Å²) in [4.78, 5) is 23.1. The van der Waals surface area contributed by atoms with Crippen LogP contribution < -0.4 is 10.2 Å². The fourth-order valence-electron chi connectivity index (χ4n) is 3.08. The van der Waals surface area contributed by atoms with E-state index >= 15 is 0 Å². The van der Waals surface area contributed by atoms with Crippen molar-refractivity contribution < 1.29 is 18.0 Å². The quantitative estimate of drug-likeness (QED) is 0.723. The van der Waals surface area contributed by atoms with E-state index in [1.807, 2.05) is 0 Å². The average molecular weight is 402 g/mol. The largest absolute Gasteiger partial charge is 0.416 e. The van der Waals surface area contributed by atoms with Crippen molar-refractivity contribution >= 4 is 17.3 Å². The number of carbonyl (C=O) groups is 1. The highest BCUT2D eigenvalue weighted by molar-refractivity contribution is 6.04. The van der Waals surface area contributed by atoms with Gasteiger partial charge in [-0.05, 0) is 37.1 Å². The molecule has 0 spiro atoms. The lowest BCUT2D eigenvalue weighted by Crippen LogP contribution is -2.18.